The van der Waals surface area contributed by atoms with Crippen LogP contribution in [0.4, 0.5) is 10.1 Å². The molecule has 1 aliphatic heterocycles. The third kappa shape index (κ3) is 3.11. The summed E-state index contributed by atoms with van der Waals surface area (Å²) in [5.41, 5.74) is 0.614. The number of hydrogen-bond donors (Lipinski definition) is 0. The van der Waals surface area contributed by atoms with Gasteiger partial charge in [-0.1, -0.05) is 12.1 Å². The molecule has 3 nitrogen and oxygen atoms in total. The van der Waals surface area contributed by atoms with Gasteiger partial charge in [0.15, 0.2) is 0 Å². The van der Waals surface area contributed by atoms with Crippen LogP contribution in [-0.4, -0.2) is 37.0 Å². The average molecular weight is 369 g/mol. The summed E-state index contributed by atoms with van der Waals surface area (Å²) in [6.45, 7) is 2.53. The number of rotatable bonds is 2. The fraction of sp³-hybridized carbons (Fsp3) is 0.267. The van der Waals surface area contributed by atoms with Gasteiger partial charge in [-0.25, -0.2) is 4.39 Å². The number of thiophene rings is 1. The Kier molecular flexibility index (Phi) is 4.26. The SMILES string of the molecule is O=C(c1cc(Br)cs1)N1CCN(c2ccccc2F)CC1. The standard InChI is InChI=1S/C15H14BrFN2OS/c16-11-9-14(21-10-11)15(20)19-7-5-18(6-8-19)13-4-2-1-3-12(13)17/h1-4,9-10H,5-8H2. The van der Waals surface area contributed by atoms with Crippen LogP contribution in [0.15, 0.2) is 40.2 Å². The van der Waals surface area contributed by atoms with Crippen molar-refractivity contribution >= 4 is 38.9 Å². The van der Waals surface area contributed by atoms with Crippen LogP contribution in [0.5, 0.6) is 0 Å². The third-order valence-corrected chi connectivity index (χ3v) is 5.22. The van der Waals surface area contributed by atoms with Crippen molar-refractivity contribution in [2.24, 2.45) is 0 Å². The van der Waals surface area contributed by atoms with E-state index in [4.69, 9.17) is 0 Å². The summed E-state index contributed by atoms with van der Waals surface area (Å²) in [4.78, 5) is 16.9. The summed E-state index contributed by atoms with van der Waals surface area (Å²) in [7, 11) is 0. The van der Waals surface area contributed by atoms with Crippen molar-refractivity contribution in [1.29, 1.82) is 0 Å². The minimum absolute atomic E-state index is 0.0545. The predicted octanol–water partition coefficient (Wildman–Crippen LogP) is 3.61. The number of anilines is 1. The maximum atomic E-state index is 13.8. The number of nitrogens with zero attached hydrogens (tertiary/aromatic N) is 2. The lowest BCUT2D eigenvalue weighted by molar-refractivity contribution is 0.0751. The monoisotopic (exact) mass is 368 g/mol. The summed E-state index contributed by atoms with van der Waals surface area (Å²) in [5, 5.41) is 1.91. The Morgan fingerprint density at radius 3 is 2.52 bits per heavy atom. The zero-order valence-electron chi connectivity index (χ0n) is 11.3. The number of para-hydroxylation sites is 1. The lowest BCUT2D eigenvalue weighted by atomic mass is 10.2. The van der Waals surface area contributed by atoms with Crippen molar-refractivity contribution in [3.8, 4) is 0 Å². The second kappa shape index (κ2) is 6.15. The quantitative estimate of drug-likeness (QED) is 0.808. The van der Waals surface area contributed by atoms with Crippen molar-refractivity contribution in [2.45, 2.75) is 0 Å². The van der Waals surface area contributed by atoms with E-state index in [0.717, 1.165) is 9.35 Å². The van der Waals surface area contributed by atoms with Gasteiger partial charge in [-0.15, -0.1) is 11.3 Å². The largest absolute Gasteiger partial charge is 0.366 e. The maximum Gasteiger partial charge on any atom is 0.264 e. The van der Waals surface area contributed by atoms with Gasteiger partial charge in [0.05, 0.1) is 10.6 Å². The van der Waals surface area contributed by atoms with Gasteiger partial charge in [0.25, 0.3) is 5.91 Å². The number of carbonyl (C=O) groups is 1. The molecular weight excluding hydrogens is 355 g/mol. The number of amides is 1. The molecule has 0 unspecified atom stereocenters. The first-order chi connectivity index (χ1) is 10.1. The number of halogens is 2. The van der Waals surface area contributed by atoms with E-state index >= 15 is 0 Å². The first-order valence-corrected chi connectivity index (χ1v) is 8.35. The van der Waals surface area contributed by atoms with Crippen LogP contribution < -0.4 is 4.90 Å². The normalized spacial score (nSPS) is 15.3. The molecule has 0 spiro atoms. The van der Waals surface area contributed by atoms with E-state index in [0.29, 0.717) is 31.9 Å². The van der Waals surface area contributed by atoms with Crippen molar-refractivity contribution < 1.29 is 9.18 Å². The molecule has 0 atom stereocenters. The summed E-state index contributed by atoms with van der Waals surface area (Å²) < 4.78 is 14.7. The second-order valence-electron chi connectivity index (χ2n) is 4.86. The zero-order valence-corrected chi connectivity index (χ0v) is 13.7. The van der Waals surface area contributed by atoms with Gasteiger partial charge in [0, 0.05) is 36.0 Å². The Bertz CT molecular complexity index is 653. The molecule has 2 heterocycles. The van der Waals surface area contributed by atoms with Crippen LogP contribution in [0, 0.1) is 5.82 Å². The van der Waals surface area contributed by atoms with Gasteiger partial charge in [-0.05, 0) is 34.1 Å². The van der Waals surface area contributed by atoms with Crippen LogP contribution >= 0.6 is 27.3 Å². The van der Waals surface area contributed by atoms with E-state index in [1.54, 1.807) is 12.1 Å². The number of piperazine rings is 1. The smallest absolute Gasteiger partial charge is 0.264 e. The molecule has 1 saturated heterocycles. The Labute approximate surface area is 135 Å². The van der Waals surface area contributed by atoms with Gasteiger partial charge < -0.3 is 9.80 Å². The number of benzene rings is 1. The molecule has 3 rings (SSSR count). The highest BCUT2D eigenvalue weighted by Crippen LogP contribution is 2.23. The molecule has 0 N–H and O–H groups in total. The minimum atomic E-state index is -0.209. The fourth-order valence-corrected chi connectivity index (χ4v) is 3.83. The lowest BCUT2D eigenvalue weighted by Crippen LogP contribution is -2.48. The van der Waals surface area contributed by atoms with E-state index in [1.807, 2.05) is 27.3 Å². The molecule has 2 aromatic rings. The van der Waals surface area contributed by atoms with Crippen molar-refractivity contribution in [2.75, 3.05) is 31.1 Å². The molecule has 1 fully saturated rings. The summed E-state index contributed by atoms with van der Waals surface area (Å²) >= 11 is 4.80. The summed E-state index contributed by atoms with van der Waals surface area (Å²) in [5.74, 6) is -0.154. The summed E-state index contributed by atoms with van der Waals surface area (Å²) in [6, 6.07) is 8.61. The van der Waals surface area contributed by atoms with Crippen molar-refractivity contribution in [3.63, 3.8) is 0 Å². The van der Waals surface area contributed by atoms with E-state index < -0.39 is 0 Å². The van der Waals surface area contributed by atoms with Crippen LogP contribution in [0.25, 0.3) is 0 Å². The Balaban J connectivity index is 1.65. The van der Waals surface area contributed by atoms with Crippen LogP contribution in [0.1, 0.15) is 9.67 Å². The number of hydrogen-bond acceptors (Lipinski definition) is 3. The van der Waals surface area contributed by atoms with E-state index in [2.05, 4.69) is 15.9 Å². The highest BCUT2D eigenvalue weighted by Gasteiger charge is 2.24. The Hall–Kier alpha value is -1.40. The van der Waals surface area contributed by atoms with Gasteiger partial charge in [-0.3, -0.25) is 4.79 Å². The first kappa shape index (κ1) is 14.5. The molecule has 0 bridgehead atoms. The molecule has 1 aromatic heterocycles. The minimum Gasteiger partial charge on any atom is -0.366 e. The van der Waals surface area contributed by atoms with Crippen LogP contribution in [-0.2, 0) is 0 Å². The molecule has 21 heavy (non-hydrogen) atoms. The highest BCUT2D eigenvalue weighted by molar-refractivity contribution is 9.10. The van der Waals surface area contributed by atoms with E-state index in [1.165, 1.54) is 17.4 Å². The molecule has 110 valence electrons. The van der Waals surface area contributed by atoms with Crippen LogP contribution in [0.3, 0.4) is 0 Å². The molecule has 0 aliphatic carbocycles. The Morgan fingerprint density at radius 2 is 1.90 bits per heavy atom. The first-order valence-electron chi connectivity index (χ1n) is 6.68. The molecule has 6 heteroatoms. The fourth-order valence-electron chi connectivity index (χ4n) is 2.44. The lowest BCUT2D eigenvalue weighted by Gasteiger charge is -2.36. The highest BCUT2D eigenvalue weighted by atomic mass is 79.9. The molecule has 1 amide bonds. The third-order valence-electron chi connectivity index (χ3n) is 3.54. The van der Waals surface area contributed by atoms with Gasteiger partial charge >= 0.3 is 0 Å². The molecule has 1 aliphatic rings. The average Bonchev–Trinajstić information content (AvgIpc) is 2.94. The molecule has 0 radical (unpaired) electrons. The van der Waals surface area contributed by atoms with E-state index in [-0.39, 0.29) is 11.7 Å². The van der Waals surface area contributed by atoms with Crippen molar-refractivity contribution in [1.82, 2.24) is 4.90 Å². The van der Waals surface area contributed by atoms with Crippen LogP contribution in [0.2, 0.25) is 0 Å². The molecule has 0 saturated carbocycles. The second-order valence-corrected chi connectivity index (χ2v) is 6.69. The maximum absolute atomic E-state index is 13.8. The van der Waals surface area contributed by atoms with E-state index in [9.17, 15) is 9.18 Å². The number of carbonyl (C=O) groups excluding carboxylic acids is 1. The summed E-state index contributed by atoms with van der Waals surface area (Å²) in [6.07, 6.45) is 0. The van der Waals surface area contributed by atoms with Gasteiger partial charge in [0.2, 0.25) is 0 Å². The Morgan fingerprint density at radius 1 is 1.19 bits per heavy atom. The molecule has 1 aromatic carbocycles. The predicted molar refractivity (Wildman–Crippen MR) is 86.5 cm³/mol. The molecular formula is C15H14BrFN2OS. The topological polar surface area (TPSA) is 23.6 Å². The van der Waals surface area contributed by atoms with Crippen molar-refractivity contribution in [3.05, 3.63) is 50.9 Å². The van der Waals surface area contributed by atoms with Gasteiger partial charge in [-0.2, -0.15) is 0 Å². The van der Waals surface area contributed by atoms with Gasteiger partial charge in [0.1, 0.15) is 5.82 Å². The zero-order chi connectivity index (χ0) is 14.8.